The minimum absolute atomic E-state index is 0.202. The molecule has 0 saturated heterocycles. The SMILES string of the molecule is C/C(=C\COCC(O)CO)CCCC(C)CCCC(C)CCCC(C)C. The number of aliphatic hydroxyl groups excluding tert-OH is 2. The van der Waals surface area contributed by atoms with Crippen molar-refractivity contribution in [1.29, 1.82) is 0 Å². The van der Waals surface area contributed by atoms with Crippen molar-refractivity contribution >= 4 is 0 Å². The Morgan fingerprint density at radius 3 is 1.96 bits per heavy atom. The zero-order valence-electron chi connectivity index (χ0n) is 18.2. The maximum absolute atomic E-state index is 9.20. The molecule has 2 N–H and O–H groups in total. The Labute approximate surface area is 163 Å². The summed E-state index contributed by atoms with van der Waals surface area (Å²) in [6.45, 7) is 12.1. The average Bonchev–Trinajstić information content (AvgIpc) is 2.58. The molecule has 0 aromatic heterocycles. The first-order valence-corrected chi connectivity index (χ1v) is 10.9. The zero-order chi connectivity index (χ0) is 19.8. The molecule has 3 nitrogen and oxygen atoms in total. The summed E-state index contributed by atoms with van der Waals surface area (Å²) in [7, 11) is 0. The van der Waals surface area contributed by atoms with E-state index in [2.05, 4.69) is 40.7 Å². The minimum Gasteiger partial charge on any atom is -0.394 e. The summed E-state index contributed by atoms with van der Waals surface area (Å²) in [5, 5.41) is 17.9. The van der Waals surface area contributed by atoms with E-state index in [1.807, 2.05) is 0 Å². The quantitative estimate of drug-likeness (QED) is 0.253. The molecule has 0 fully saturated rings. The predicted octanol–water partition coefficient (Wildman–Crippen LogP) is 5.74. The lowest BCUT2D eigenvalue weighted by Gasteiger charge is -2.15. The fraction of sp³-hybridized carbons (Fsp3) is 0.913. The lowest BCUT2D eigenvalue weighted by molar-refractivity contribution is 0.0148. The van der Waals surface area contributed by atoms with Crippen LogP contribution in [0.1, 0.15) is 92.4 Å². The van der Waals surface area contributed by atoms with Crippen LogP contribution in [-0.2, 0) is 4.74 Å². The van der Waals surface area contributed by atoms with Crippen LogP contribution in [0.5, 0.6) is 0 Å². The molecule has 0 bridgehead atoms. The van der Waals surface area contributed by atoms with Gasteiger partial charge in [-0.1, -0.05) is 84.3 Å². The molecule has 3 heteroatoms. The summed E-state index contributed by atoms with van der Waals surface area (Å²) in [5.41, 5.74) is 1.36. The Balaban J connectivity index is 3.62. The van der Waals surface area contributed by atoms with Crippen LogP contribution in [0, 0.1) is 17.8 Å². The maximum Gasteiger partial charge on any atom is 0.100 e. The van der Waals surface area contributed by atoms with E-state index in [0.29, 0.717) is 6.61 Å². The molecule has 0 spiro atoms. The van der Waals surface area contributed by atoms with E-state index in [1.54, 1.807) is 0 Å². The largest absolute Gasteiger partial charge is 0.394 e. The van der Waals surface area contributed by atoms with Gasteiger partial charge in [-0.3, -0.25) is 0 Å². The molecule has 156 valence electrons. The minimum atomic E-state index is -0.762. The summed E-state index contributed by atoms with van der Waals surface area (Å²) in [5.74, 6) is 2.55. The van der Waals surface area contributed by atoms with Gasteiger partial charge in [-0.2, -0.15) is 0 Å². The fourth-order valence-electron chi connectivity index (χ4n) is 3.27. The highest BCUT2D eigenvalue weighted by Gasteiger charge is 2.07. The second-order valence-electron chi connectivity index (χ2n) is 8.78. The van der Waals surface area contributed by atoms with Crippen LogP contribution in [0.4, 0.5) is 0 Å². The Hall–Kier alpha value is -0.380. The molecule has 26 heavy (non-hydrogen) atoms. The van der Waals surface area contributed by atoms with Crippen molar-refractivity contribution in [1.82, 2.24) is 0 Å². The molecule has 0 aliphatic carbocycles. The van der Waals surface area contributed by atoms with Crippen molar-refractivity contribution in [2.45, 2.75) is 98.5 Å². The summed E-state index contributed by atoms with van der Waals surface area (Å²) in [6.07, 6.45) is 13.3. The van der Waals surface area contributed by atoms with Gasteiger partial charge in [0, 0.05) is 0 Å². The molecular weight excluding hydrogens is 324 g/mol. The third-order valence-corrected chi connectivity index (χ3v) is 5.21. The summed E-state index contributed by atoms with van der Waals surface area (Å²) >= 11 is 0. The van der Waals surface area contributed by atoms with Gasteiger partial charge in [0.15, 0.2) is 0 Å². The third kappa shape index (κ3) is 17.1. The van der Waals surface area contributed by atoms with Crippen LogP contribution in [0.15, 0.2) is 11.6 Å². The second kappa shape index (κ2) is 16.8. The normalized spacial score (nSPS) is 16.1. The number of allylic oxidation sites excluding steroid dienone is 1. The number of ether oxygens (including phenoxy) is 1. The summed E-state index contributed by atoms with van der Waals surface area (Å²) in [6, 6.07) is 0. The number of hydrogen-bond acceptors (Lipinski definition) is 3. The molecule has 0 rings (SSSR count). The van der Waals surface area contributed by atoms with E-state index < -0.39 is 6.10 Å². The van der Waals surface area contributed by atoms with Crippen LogP contribution < -0.4 is 0 Å². The second-order valence-corrected chi connectivity index (χ2v) is 8.78. The van der Waals surface area contributed by atoms with E-state index in [4.69, 9.17) is 9.84 Å². The summed E-state index contributed by atoms with van der Waals surface area (Å²) < 4.78 is 5.31. The van der Waals surface area contributed by atoms with Crippen molar-refractivity contribution < 1.29 is 14.9 Å². The lowest BCUT2D eigenvalue weighted by atomic mass is 9.91. The van der Waals surface area contributed by atoms with Gasteiger partial charge in [0.25, 0.3) is 0 Å². The van der Waals surface area contributed by atoms with Crippen molar-refractivity contribution in [2.75, 3.05) is 19.8 Å². The topological polar surface area (TPSA) is 49.7 Å². The fourth-order valence-corrected chi connectivity index (χ4v) is 3.27. The molecule has 0 saturated carbocycles. The van der Waals surface area contributed by atoms with Gasteiger partial charge in [-0.05, 0) is 37.5 Å². The van der Waals surface area contributed by atoms with Crippen LogP contribution in [0.25, 0.3) is 0 Å². The van der Waals surface area contributed by atoms with Gasteiger partial charge in [-0.15, -0.1) is 0 Å². The van der Waals surface area contributed by atoms with Gasteiger partial charge in [-0.25, -0.2) is 0 Å². The zero-order valence-corrected chi connectivity index (χ0v) is 18.2. The van der Waals surface area contributed by atoms with Crippen LogP contribution in [-0.4, -0.2) is 36.1 Å². The number of aliphatic hydroxyl groups is 2. The van der Waals surface area contributed by atoms with E-state index in [0.717, 1.165) is 24.2 Å². The summed E-state index contributed by atoms with van der Waals surface area (Å²) in [4.78, 5) is 0. The molecule has 0 aromatic rings. The van der Waals surface area contributed by atoms with Gasteiger partial charge >= 0.3 is 0 Å². The van der Waals surface area contributed by atoms with Gasteiger partial charge < -0.3 is 14.9 Å². The Morgan fingerprint density at radius 2 is 1.42 bits per heavy atom. The van der Waals surface area contributed by atoms with E-state index in [9.17, 15) is 5.11 Å². The number of hydrogen-bond donors (Lipinski definition) is 2. The monoisotopic (exact) mass is 370 g/mol. The smallest absolute Gasteiger partial charge is 0.100 e. The highest BCUT2D eigenvalue weighted by atomic mass is 16.5. The molecule has 0 amide bonds. The van der Waals surface area contributed by atoms with E-state index >= 15 is 0 Å². The molecule has 3 atom stereocenters. The average molecular weight is 371 g/mol. The molecule has 0 aliphatic rings. The first-order chi connectivity index (χ1) is 12.3. The van der Waals surface area contributed by atoms with Crippen molar-refractivity contribution in [3.05, 3.63) is 11.6 Å². The molecular formula is C23H46O3. The highest BCUT2D eigenvalue weighted by Crippen LogP contribution is 2.22. The van der Waals surface area contributed by atoms with Crippen LogP contribution in [0.2, 0.25) is 0 Å². The number of rotatable bonds is 17. The third-order valence-electron chi connectivity index (χ3n) is 5.21. The Kier molecular flexibility index (Phi) is 16.5. The molecule has 0 heterocycles. The van der Waals surface area contributed by atoms with Crippen LogP contribution >= 0.6 is 0 Å². The molecule has 0 radical (unpaired) electrons. The maximum atomic E-state index is 9.20. The van der Waals surface area contributed by atoms with E-state index in [1.165, 1.54) is 56.9 Å². The van der Waals surface area contributed by atoms with Gasteiger partial charge in [0.2, 0.25) is 0 Å². The molecule has 3 unspecified atom stereocenters. The molecule has 0 aliphatic heterocycles. The van der Waals surface area contributed by atoms with E-state index in [-0.39, 0.29) is 13.2 Å². The van der Waals surface area contributed by atoms with Crippen molar-refractivity contribution in [2.24, 2.45) is 17.8 Å². The van der Waals surface area contributed by atoms with Crippen LogP contribution in [0.3, 0.4) is 0 Å². The molecule has 0 aromatic carbocycles. The Bertz CT molecular complexity index is 338. The van der Waals surface area contributed by atoms with Crippen molar-refractivity contribution in [3.63, 3.8) is 0 Å². The van der Waals surface area contributed by atoms with Gasteiger partial charge in [0.1, 0.15) is 6.10 Å². The Morgan fingerprint density at radius 1 is 0.885 bits per heavy atom. The predicted molar refractivity (Wildman–Crippen MR) is 112 cm³/mol. The highest BCUT2D eigenvalue weighted by molar-refractivity contribution is 4.97. The lowest BCUT2D eigenvalue weighted by Crippen LogP contribution is -2.19. The first kappa shape index (κ1) is 25.6. The standard InChI is InChI=1S/C23H46O3/c1-19(2)9-6-10-20(3)11-7-12-21(4)13-8-14-22(5)15-16-26-18-23(25)17-24/h15,19-21,23-25H,6-14,16-18H2,1-5H3/b22-15+. The first-order valence-electron chi connectivity index (χ1n) is 10.9. The van der Waals surface area contributed by atoms with Gasteiger partial charge in [0.05, 0.1) is 19.8 Å². The van der Waals surface area contributed by atoms with Crippen molar-refractivity contribution in [3.8, 4) is 0 Å².